The molecule has 0 spiro atoms. The zero-order valence-corrected chi connectivity index (χ0v) is 12.1. The van der Waals surface area contributed by atoms with Crippen molar-refractivity contribution in [2.75, 3.05) is 0 Å². The van der Waals surface area contributed by atoms with Crippen LogP contribution < -0.4 is 0 Å². The molecule has 0 saturated heterocycles. The van der Waals surface area contributed by atoms with E-state index >= 15 is 0 Å². The van der Waals surface area contributed by atoms with Crippen molar-refractivity contribution in [3.05, 3.63) is 42.0 Å². The minimum Gasteiger partial charge on any atom is -0.299 e. The fraction of sp³-hybridized carbons (Fsp3) is 0.400. The average Bonchev–Trinajstić information content (AvgIpc) is 2.27. The molecule has 0 aliphatic heterocycles. The molecule has 0 amide bonds. The van der Waals surface area contributed by atoms with E-state index in [1.807, 2.05) is 42.5 Å². The fourth-order valence-corrected chi connectivity index (χ4v) is 2.54. The molecule has 0 aliphatic carbocycles. The van der Waals surface area contributed by atoms with Gasteiger partial charge in [0.05, 0.1) is 0 Å². The van der Waals surface area contributed by atoms with Gasteiger partial charge in [0.25, 0.3) is 0 Å². The molecule has 17 heavy (non-hydrogen) atoms. The summed E-state index contributed by atoms with van der Waals surface area (Å²) >= 11 is 0. The average molecular weight is 246 g/mol. The van der Waals surface area contributed by atoms with Crippen LogP contribution in [0.15, 0.2) is 36.4 Å². The van der Waals surface area contributed by atoms with Crippen LogP contribution in [0.25, 0.3) is 6.08 Å². The summed E-state index contributed by atoms with van der Waals surface area (Å²) in [6, 6.07) is 11.2. The van der Waals surface area contributed by atoms with Crippen molar-refractivity contribution in [1.29, 1.82) is 0 Å². The second kappa shape index (κ2) is 6.55. The Hall–Kier alpha value is -1.15. The molecule has 0 unspecified atom stereocenters. The molecule has 0 atom stereocenters. The highest BCUT2D eigenvalue weighted by Gasteiger charge is 2.14. The molecule has 1 aromatic carbocycles. The molecule has 0 N–H and O–H groups in total. The van der Waals surface area contributed by atoms with E-state index in [-0.39, 0.29) is 0 Å². The molecule has 2 heteroatoms. The van der Waals surface area contributed by atoms with E-state index in [1.165, 1.54) is 0 Å². The highest BCUT2D eigenvalue weighted by molar-refractivity contribution is 6.76. The van der Waals surface area contributed by atoms with Crippen LogP contribution in [0.3, 0.4) is 0 Å². The number of rotatable bonds is 6. The summed E-state index contributed by atoms with van der Waals surface area (Å²) in [5, 5.41) is 0. The first-order chi connectivity index (χ1) is 7.97. The molecular weight excluding hydrogens is 224 g/mol. The van der Waals surface area contributed by atoms with Crippen molar-refractivity contribution in [2.45, 2.75) is 38.5 Å². The zero-order valence-electron chi connectivity index (χ0n) is 11.1. The molecule has 0 aliphatic rings. The summed E-state index contributed by atoms with van der Waals surface area (Å²) in [5.41, 5.74) is 1.16. The number of allylic oxidation sites excluding steroid dienone is 1. The van der Waals surface area contributed by atoms with Gasteiger partial charge in [0.15, 0.2) is 0 Å². The Morgan fingerprint density at radius 3 is 2.41 bits per heavy atom. The Balaban J connectivity index is 2.31. The van der Waals surface area contributed by atoms with E-state index < -0.39 is 8.07 Å². The summed E-state index contributed by atoms with van der Waals surface area (Å²) in [6.45, 7) is 6.92. The van der Waals surface area contributed by atoms with E-state index in [4.69, 9.17) is 0 Å². The summed E-state index contributed by atoms with van der Waals surface area (Å²) in [6.07, 6.45) is 5.31. The molecule has 0 saturated carbocycles. The van der Waals surface area contributed by atoms with Gasteiger partial charge in [0, 0.05) is 20.9 Å². The minimum atomic E-state index is -1.07. The third-order valence-electron chi connectivity index (χ3n) is 2.61. The van der Waals surface area contributed by atoms with Crippen LogP contribution in [0.5, 0.6) is 0 Å². The Kier molecular flexibility index (Phi) is 5.36. The number of hydrogen-bond acceptors (Lipinski definition) is 1. The lowest BCUT2D eigenvalue weighted by Crippen LogP contribution is -2.20. The molecule has 0 aromatic heterocycles. The Bertz CT molecular complexity index is 374. The van der Waals surface area contributed by atoms with Gasteiger partial charge in [0.1, 0.15) is 5.78 Å². The first-order valence-electron chi connectivity index (χ1n) is 6.21. The second-order valence-corrected chi connectivity index (χ2v) is 11.2. The number of benzene rings is 1. The molecule has 1 aromatic rings. The summed E-state index contributed by atoms with van der Waals surface area (Å²) in [7, 11) is -1.07. The molecule has 0 radical (unpaired) electrons. The van der Waals surface area contributed by atoms with Gasteiger partial charge < -0.3 is 0 Å². The van der Waals surface area contributed by atoms with Crippen LogP contribution in [0, 0.1) is 0 Å². The predicted octanol–water partition coefficient (Wildman–Crippen LogP) is 4.39. The minimum absolute atomic E-state index is 0.361. The molecule has 92 valence electrons. The molecule has 0 heterocycles. The maximum absolute atomic E-state index is 11.7. The lowest BCUT2D eigenvalue weighted by Gasteiger charge is -2.13. The fourth-order valence-electron chi connectivity index (χ4n) is 1.51. The van der Waals surface area contributed by atoms with Crippen molar-refractivity contribution in [1.82, 2.24) is 0 Å². The van der Waals surface area contributed by atoms with E-state index in [2.05, 4.69) is 19.6 Å². The molecule has 1 nitrogen and oxygen atoms in total. The van der Waals surface area contributed by atoms with E-state index in [0.29, 0.717) is 12.2 Å². The smallest absolute Gasteiger partial charge is 0.136 e. The number of Topliss-reactive ketones (excluding diaryl/α,β-unsaturated/α-hetero) is 1. The maximum Gasteiger partial charge on any atom is 0.136 e. The van der Waals surface area contributed by atoms with E-state index in [0.717, 1.165) is 18.0 Å². The summed E-state index contributed by atoms with van der Waals surface area (Å²) < 4.78 is 0. The van der Waals surface area contributed by atoms with Crippen molar-refractivity contribution in [3.63, 3.8) is 0 Å². The molecule has 0 bridgehead atoms. The highest BCUT2D eigenvalue weighted by Crippen LogP contribution is 2.12. The Morgan fingerprint density at radius 1 is 1.18 bits per heavy atom. The van der Waals surface area contributed by atoms with Crippen molar-refractivity contribution < 1.29 is 4.79 Å². The van der Waals surface area contributed by atoms with E-state index in [1.54, 1.807) is 0 Å². The number of carbonyl (C=O) groups is 1. The lowest BCUT2D eigenvalue weighted by molar-refractivity contribution is -0.117. The van der Waals surface area contributed by atoms with Gasteiger partial charge in [-0.3, -0.25) is 4.79 Å². The van der Waals surface area contributed by atoms with Crippen LogP contribution >= 0.6 is 0 Å². The third-order valence-corrected chi connectivity index (χ3v) is 4.36. The Labute approximate surface area is 106 Å². The third kappa shape index (κ3) is 6.90. The predicted molar refractivity (Wildman–Crippen MR) is 77.9 cm³/mol. The van der Waals surface area contributed by atoms with Crippen LogP contribution in [-0.4, -0.2) is 13.9 Å². The van der Waals surface area contributed by atoms with Crippen LogP contribution in [-0.2, 0) is 4.79 Å². The normalized spacial score (nSPS) is 11.9. The monoisotopic (exact) mass is 246 g/mol. The van der Waals surface area contributed by atoms with Gasteiger partial charge in [-0.2, -0.15) is 0 Å². The Morgan fingerprint density at radius 2 is 1.82 bits per heavy atom. The maximum atomic E-state index is 11.7. The van der Waals surface area contributed by atoms with E-state index in [9.17, 15) is 4.79 Å². The molecule has 0 fully saturated rings. The quantitative estimate of drug-likeness (QED) is 0.680. The largest absolute Gasteiger partial charge is 0.299 e. The lowest BCUT2D eigenvalue weighted by atomic mass is 10.1. The standard InChI is InChI=1S/C15H22OSi/c1-17(2,3)13-12-15(16)11-7-10-14-8-5-4-6-9-14/h4-10H,11-13H2,1-3H3/b10-7+. The first kappa shape index (κ1) is 13.9. The van der Waals surface area contributed by atoms with Gasteiger partial charge in [0.2, 0.25) is 0 Å². The van der Waals surface area contributed by atoms with Gasteiger partial charge in [-0.1, -0.05) is 68.2 Å². The van der Waals surface area contributed by atoms with Crippen LogP contribution in [0.4, 0.5) is 0 Å². The zero-order chi connectivity index (χ0) is 12.7. The number of hydrogen-bond donors (Lipinski definition) is 0. The van der Waals surface area contributed by atoms with Crippen LogP contribution in [0.2, 0.25) is 25.7 Å². The van der Waals surface area contributed by atoms with Gasteiger partial charge in [-0.05, 0) is 5.56 Å². The highest BCUT2D eigenvalue weighted by atomic mass is 28.3. The summed E-state index contributed by atoms with van der Waals surface area (Å²) in [4.78, 5) is 11.7. The molecule has 1 rings (SSSR count). The van der Waals surface area contributed by atoms with Gasteiger partial charge in [-0.15, -0.1) is 0 Å². The summed E-state index contributed by atoms with van der Waals surface area (Å²) in [5.74, 6) is 0.361. The second-order valence-electron chi connectivity index (χ2n) is 5.62. The number of carbonyl (C=O) groups excluding carboxylic acids is 1. The molecular formula is C15H22OSi. The first-order valence-corrected chi connectivity index (χ1v) is 9.91. The number of ketones is 1. The topological polar surface area (TPSA) is 17.1 Å². The van der Waals surface area contributed by atoms with Crippen LogP contribution in [0.1, 0.15) is 18.4 Å². The van der Waals surface area contributed by atoms with Crippen molar-refractivity contribution >= 4 is 19.9 Å². The van der Waals surface area contributed by atoms with Gasteiger partial charge in [-0.25, -0.2) is 0 Å². The van der Waals surface area contributed by atoms with Gasteiger partial charge >= 0.3 is 0 Å². The SMILES string of the molecule is C[Si](C)(C)CCC(=O)C/C=C/c1ccccc1. The van der Waals surface area contributed by atoms with Crippen molar-refractivity contribution in [2.24, 2.45) is 0 Å². The van der Waals surface area contributed by atoms with Crippen molar-refractivity contribution in [3.8, 4) is 0 Å².